The summed E-state index contributed by atoms with van der Waals surface area (Å²) in [6, 6.07) is 12.4. The summed E-state index contributed by atoms with van der Waals surface area (Å²) in [5.41, 5.74) is 1.57. The molecule has 3 atom stereocenters. The van der Waals surface area contributed by atoms with E-state index in [1.807, 2.05) is 18.2 Å². The van der Waals surface area contributed by atoms with Crippen LogP contribution in [0.2, 0.25) is 5.02 Å². The zero-order chi connectivity index (χ0) is 20.2. The van der Waals surface area contributed by atoms with Crippen LogP contribution in [0.25, 0.3) is 10.2 Å². The van der Waals surface area contributed by atoms with E-state index in [9.17, 15) is 13.2 Å². The van der Waals surface area contributed by atoms with Crippen molar-refractivity contribution in [3.63, 3.8) is 0 Å². The Hall–Kier alpha value is -1.67. The third-order valence-corrected chi connectivity index (χ3v) is 9.08. The van der Waals surface area contributed by atoms with E-state index < -0.39 is 10.0 Å². The molecule has 29 heavy (non-hydrogen) atoms. The van der Waals surface area contributed by atoms with Crippen LogP contribution in [0.15, 0.2) is 52.2 Å². The molecule has 0 aliphatic heterocycles. The van der Waals surface area contributed by atoms with E-state index in [1.54, 1.807) is 28.8 Å². The van der Waals surface area contributed by atoms with Crippen LogP contribution in [-0.2, 0) is 16.6 Å². The lowest BCUT2D eigenvalue weighted by atomic mass is 9.96. The molecule has 3 aromatic rings. The topological polar surface area (TPSA) is 68.2 Å². The van der Waals surface area contributed by atoms with E-state index in [0.29, 0.717) is 28.1 Å². The molecular formula is C21H21ClN2O3S2. The summed E-state index contributed by atoms with van der Waals surface area (Å²) < 4.78 is 31.1. The maximum absolute atomic E-state index is 12.9. The molecule has 0 saturated heterocycles. The zero-order valence-corrected chi connectivity index (χ0v) is 18.1. The molecule has 0 unspecified atom stereocenters. The van der Waals surface area contributed by atoms with Crippen LogP contribution < -0.4 is 9.60 Å². The molecule has 1 N–H and O–H groups in total. The normalized spacial score (nSPS) is 23.8. The van der Waals surface area contributed by atoms with Crippen molar-refractivity contribution in [1.82, 2.24) is 9.29 Å². The summed E-state index contributed by atoms with van der Waals surface area (Å²) in [5.74, 6) is 1.13. The second kappa shape index (κ2) is 7.23. The molecule has 2 aliphatic carbocycles. The van der Waals surface area contributed by atoms with Gasteiger partial charge in [-0.3, -0.25) is 9.36 Å². The van der Waals surface area contributed by atoms with Crippen molar-refractivity contribution in [3.05, 3.63) is 62.7 Å². The van der Waals surface area contributed by atoms with Crippen LogP contribution in [0.4, 0.5) is 0 Å². The predicted molar refractivity (Wildman–Crippen MR) is 116 cm³/mol. The fraction of sp³-hybridized carbons (Fsp3) is 0.381. The average molecular weight is 449 g/mol. The zero-order valence-electron chi connectivity index (χ0n) is 15.7. The van der Waals surface area contributed by atoms with Gasteiger partial charge in [0.05, 0.1) is 21.7 Å². The minimum atomic E-state index is -3.60. The van der Waals surface area contributed by atoms with E-state index in [1.165, 1.54) is 6.42 Å². The van der Waals surface area contributed by atoms with E-state index in [4.69, 9.17) is 11.6 Å². The Balaban J connectivity index is 1.45. The summed E-state index contributed by atoms with van der Waals surface area (Å²) in [4.78, 5) is 12.6. The highest BCUT2D eigenvalue weighted by atomic mass is 35.5. The molecule has 0 amide bonds. The molecule has 8 heteroatoms. The first-order valence-corrected chi connectivity index (χ1v) is 12.5. The molecule has 5 nitrogen and oxygen atoms in total. The molecule has 1 heterocycles. The highest BCUT2D eigenvalue weighted by molar-refractivity contribution is 7.89. The number of rotatable bonds is 5. The summed E-state index contributed by atoms with van der Waals surface area (Å²) in [7, 11) is -3.60. The predicted octanol–water partition coefficient (Wildman–Crippen LogP) is 4.23. The molecule has 0 radical (unpaired) electrons. The second-order valence-corrected chi connectivity index (χ2v) is 11.2. The number of nitrogens with zero attached hydrogens (tertiary/aromatic N) is 1. The van der Waals surface area contributed by atoms with E-state index >= 15 is 0 Å². The van der Waals surface area contributed by atoms with Gasteiger partial charge >= 0.3 is 4.87 Å². The number of thiazole rings is 1. The maximum atomic E-state index is 12.9. The highest BCUT2D eigenvalue weighted by Gasteiger charge is 2.41. The van der Waals surface area contributed by atoms with Crippen LogP contribution >= 0.6 is 22.9 Å². The van der Waals surface area contributed by atoms with Gasteiger partial charge in [-0.05, 0) is 60.9 Å². The van der Waals surface area contributed by atoms with Crippen molar-refractivity contribution in [1.29, 1.82) is 0 Å². The fourth-order valence-electron chi connectivity index (χ4n) is 4.82. The second-order valence-electron chi connectivity index (χ2n) is 8.08. The first-order valence-electron chi connectivity index (χ1n) is 9.80. The van der Waals surface area contributed by atoms with Gasteiger partial charge in [0.1, 0.15) is 0 Å². The highest BCUT2D eigenvalue weighted by Crippen LogP contribution is 2.44. The Bertz CT molecular complexity index is 1250. The lowest BCUT2D eigenvalue weighted by molar-refractivity contribution is 0.390. The number of fused-ring (bicyclic) bond motifs is 3. The molecule has 1 aromatic heterocycles. The van der Waals surface area contributed by atoms with Gasteiger partial charge in [0.25, 0.3) is 0 Å². The van der Waals surface area contributed by atoms with Crippen molar-refractivity contribution in [3.8, 4) is 0 Å². The lowest BCUT2D eigenvalue weighted by Crippen LogP contribution is -2.38. The van der Waals surface area contributed by atoms with Crippen LogP contribution in [0, 0.1) is 11.8 Å². The summed E-state index contributed by atoms with van der Waals surface area (Å²) in [5, 5.41) is 0.605. The minimum absolute atomic E-state index is 0.0398. The lowest BCUT2D eigenvalue weighted by Gasteiger charge is -2.22. The van der Waals surface area contributed by atoms with Gasteiger partial charge in [-0.25, -0.2) is 13.1 Å². The van der Waals surface area contributed by atoms with Gasteiger partial charge in [-0.1, -0.05) is 47.6 Å². The van der Waals surface area contributed by atoms with Gasteiger partial charge in [0.15, 0.2) is 0 Å². The quantitative estimate of drug-likeness (QED) is 0.635. The van der Waals surface area contributed by atoms with Crippen molar-refractivity contribution >= 4 is 43.2 Å². The first-order chi connectivity index (χ1) is 13.9. The van der Waals surface area contributed by atoms with Crippen molar-refractivity contribution in [2.24, 2.45) is 11.8 Å². The molecule has 2 saturated carbocycles. The number of nitrogens with one attached hydrogen (secondary N) is 1. The van der Waals surface area contributed by atoms with Gasteiger partial charge in [0.2, 0.25) is 10.0 Å². The molecule has 0 spiro atoms. The van der Waals surface area contributed by atoms with E-state index in [-0.39, 0.29) is 15.8 Å². The van der Waals surface area contributed by atoms with Crippen molar-refractivity contribution in [2.45, 2.75) is 43.2 Å². The molecule has 152 valence electrons. The number of benzene rings is 2. The largest absolute Gasteiger partial charge is 0.308 e. The monoisotopic (exact) mass is 448 g/mol. The SMILES string of the molecule is O=c1sc2cc(S(=O)(=O)N[C@H]3C[C@H]4CC[C@H]3C4)ccc2n1Cc1ccccc1Cl. The van der Waals surface area contributed by atoms with E-state index in [0.717, 1.165) is 41.7 Å². The Morgan fingerprint density at radius 2 is 1.97 bits per heavy atom. The van der Waals surface area contributed by atoms with Crippen LogP contribution in [0.1, 0.15) is 31.2 Å². The molecule has 2 fully saturated rings. The molecule has 5 rings (SSSR count). The molecular weight excluding hydrogens is 428 g/mol. The summed E-state index contributed by atoms with van der Waals surface area (Å²) in [6.45, 7) is 0.355. The van der Waals surface area contributed by atoms with Gasteiger partial charge < -0.3 is 0 Å². The van der Waals surface area contributed by atoms with Gasteiger partial charge in [-0.2, -0.15) is 0 Å². The van der Waals surface area contributed by atoms with Crippen molar-refractivity contribution in [2.75, 3.05) is 0 Å². The summed E-state index contributed by atoms with van der Waals surface area (Å²) in [6.07, 6.45) is 4.41. The van der Waals surface area contributed by atoms with Gasteiger partial charge in [-0.15, -0.1) is 0 Å². The van der Waals surface area contributed by atoms with E-state index in [2.05, 4.69) is 4.72 Å². The fourth-order valence-corrected chi connectivity index (χ4v) is 7.36. The standard InChI is InChI=1S/C21H21ClN2O3S2/c22-17-4-2-1-3-15(17)12-24-19-8-7-16(11-20(19)28-21(24)25)29(26,27)23-18-10-13-5-6-14(18)9-13/h1-4,7-8,11,13-14,18,23H,5-6,9-10,12H2/t13-,14-,18-/m0/s1. The Labute approximate surface area is 178 Å². The van der Waals surface area contributed by atoms with Crippen molar-refractivity contribution < 1.29 is 8.42 Å². The number of hydrogen-bond donors (Lipinski definition) is 1. The Morgan fingerprint density at radius 3 is 2.69 bits per heavy atom. The van der Waals surface area contributed by atoms with Crippen LogP contribution in [-0.4, -0.2) is 19.0 Å². The smallest absolute Gasteiger partial charge is 0.294 e. The average Bonchev–Trinajstić information content (AvgIpc) is 3.37. The Morgan fingerprint density at radius 1 is 1.14 bits per heavy atom. The first kappa shape index (κ1) is 19.3. The van der Waals surface area contributed by atoms with Gasteiger partial charge in [0, 0.05) is 11.1 Å². The number of sulfonamides is 1. The Kier molecular flexibility index (Phi) is 4.81. The molecule has 2 aliphatic rings. The van der Waals surface area contributed by atoms with Crippen LogP contribution in [0.5, 0.6) is 0 Å². The minimum Gasteiger partial charge on any atom is -0.294 e. The maximum Gasteiger partial charge on any atom is 0.308 e. The summed E-state index contributed by atoms with van der Waals surface area (Å²) >= 11 is 7.30. The third-order valence-electron chi connectivity index (χ3n) is 6.28. The molecule has 2 bridgehead atoms. The third kappa shape index (κ3) is 3.54. The van der Waals surface area contributed by atoms with Crippen LogP contribution in [0.3, 0.4) is 0 Å². The number of halogens is 1. The number of hydrogen-bond acceptors (Lipinski definition) is 4. The number of aromatic nitrogens is 1. The molecule has 2 aromatic carbocycles.